The van der Waals surface area contributed by atoms with Gasteiger partial charge in [0.25, 0.3) is 0 Å². The molecule has 130 valence electrons. The summed E-state index contributed by atoms with van der Waals surface area (Å²) in [6.07, 6.45) is 0.342. The van der Waals surface area contributed by atoms with Gasteiger partial charge < -0.3 is 14.4 Å². The Bertz CT molecular complexity index is 651. The SMILES string of the molecule is COC(=O)C1Cc2c(cccc2NC(=O)OC(C)(C)C)CN1C=O. The minimum absolute atomic E-state index is 0.271. The topological polar surface area (TPSA) is 84.9 Å². The summed E-state index contributed by atoms with van der Waals surface area (Å²) in [4.78, 5) is 36.6. The summed E-state index contributed by atoms with van der Waals surface area (Å²) >= 11 is 0. The van der Waals surface area contributed by atoms with Crippen molar-refractivity contribution in [2.75, 3.05) is 12.4 Å². The fourth-order valence-corrected chi connectivity index (χ4v) is 2.64. The molecule has 2 amide bonds. The molecule has 0 saturated heterocycles. The highest BCUT2D eigenvalue weighted by Gasteiger charge is 2.33. The molecule has 7 heteroatoms. The molecule has 0 saturated carbocycles. The quantitative estimate of drug-likeness (QED) is 0.676. The van der Waals surface area contributed by atoms with Crippen LogP contribution in [0.2, 0.25) is 0 Å². The Kier molecular flexibility index (Phi) is 5.11. The van der Waals surface area contributed by atoms with Crippen molar-refractivity contribution in [1.29, 1.82) is 0 Å². The number of carbonyl (C=O) groups is 3. The number of hydrogen-bond acceptors (Lipinski definition) is 5. The second kappa shape index (κ2) is 6.90. The van der Waals surface area contributed by atoms with Crippen molar-refractivity contribution in [1.82, 2.24) is 4.90 Å². The van der Waals surface area contributed by atoms with E-state index < -0.39 is 23.7 Å². The lowest BCUT2D eigenvalue weighted by atomic mass is 9.92. The first-order valence-electron chi connectivity index (χ1n) is 7.65. The molecular weight excluding hydrogens is 312 g/mol. The Morgan fingerprint density at radius 2 is 2.04 bits per heavy atom. The number of hydrogen-bond donors (Lipinski definition) is 1. The van der Waals surface area contributed by atoms with Gasteiger partial charge in [0.05, 0.1) is 7.11 Å². The number of nitrogens with one attached hydrogen (secondary N) is 1. The van der Waals surface area contributed by atoms with E-state index in [1.807, 2.05) is 6.07 Å². The number of ether oxygens (including phenoxy) is 2. The van der Waals surface area contributed by atoms with Crippen LogP contribution < -0.4 is 5.32 Å². The first kappa shape index (κ1) is 17.8. The van der Waals surface area contributed by atoms with Gasteiger partial charge in [-0.2, -0.15) is 0 Å². The van der Waals surface area contributed by atoms with E-state index >= 15 is 0 Å². The summed E-state index contributed by atoms with van der Waals surface area (Å²) in [6, 6.07) is 4.68. The molecule has 0 fully saturated rings. The van der Waals surface area contributed by atoms with Crippen LogP contribution in [0.3, 0.4) is 0 Å². The number of amides is 2. The third-order valence-electron chi connectivity index (χ3n) is 3.67. The normalized spacial score (nSPS) is 16.8. The smallest absolute Gasteiger partial charge is 0.412 e. The molecule has 0 aliphatic carbocycles. The van der Waals surface area contributed by atoms with Crippen molar-refractivity contribution in [3.8, 4) is 0 Å². The maximum absolute atomic E-state index is 12.0. The van der Waals surface area contributed by atoms with Gasteiger partial charge in [0.2, 0.25) is 6.41 Å². The molecule has 2 rings (SSSR count). The zero-order valence-electron chi connectivity index (χ0n) is 14.3. The van der Waals surface area contributed by atoms with Crippen LogP contribution in [0.15, 0.2) is 18.2 Å². The van der Waals surface area contributed by atoms with Crippen LogP contribution in [0.1, 0.15) is 31.9 Å². The molecule has 1 unspecified atom stereocenters. The first-order chi connectivity index (χ1) is 11.2. The second-order valence-electron chi connectivity index (χ2n) is 6.59. The third-order valence-corrected chi connectivity index (χ3v) is 3.67. The number of esters is 1. The molecule has 24 heavy (non-hydrogen) atoms. The maximum Gasteiger partial charge on any atom is 0.412 e. The van der Waals surface area contributed by atoms with E-state index in [1.54, 1.807) is 32.9 Å². The number of carbonyl (C=O) groups excluding carboxylic acids is 3. The molecular formula is C17H22N2O5. The number of methoxy groups -OCH3 is 1. The van der Waals surface area contributed by atoms with Crippen molar-refractivity contribution >= 4 is 24.2 Å². The monoisotopic (exact) mass is 334 g/mol. The lowest BCUT2D eigenvalue weighted by Crippen LogP contribution is -2.45. The average molecular weight is 334 g/mol. The Hall–Kier alpha value is -2.57. The van der Waals surface area contributed by atoms with Crippen LogP contribution in [0.25, 0.3) is 0 Å². The van der Waals surface area contributed by atoms with Gasteiger partial charge in [0, 0.05) is 18.7 Å². The summed E-state index contributed by atoms with van der Waals surface area (Å²) in [7, 11) is 1.28. The predicted octanol–water partition coefficient (Wildman–Crippen LogP) is 2.09. The summed E-state index contributed by atoms with van der Waals surface area (Å²) in [5.74, 6) is -0.486. The molecule has 0 bridgehead atoms. The van der Waals surface area contributed by atoms with E-state index in [4.69, 9.17) is 9.47 Å². The fourth-order valence-electron chi connectivity index (χ4n) is 2.64. The highest BCUT2D eigenvalue weighted by atomic mass is 16.6. The Morgan fingerprint density at radius 3 is 2.62 bits per heavy atom. The second-order valence-corrected chi connectivity index (χ2v) is 6.59. The van der Waals surface area contributed by atoms with Crippen LogP contribution in [0.5, 0.6) is 0 Å². The number of anilines is 1. The van der Waals surface area contributed by atoms with Crippen molar-refractivity contribution < 1.29 is 23.9 Å². The Labute approximate surface area is 140 Å². The highest BCUT2D eigenvalue weighted by Crippen LogP contribution is 2.29. The van der Waals surface area contributed by atoms with Crippen LogP contribution >= 0.6 is 0 Å². The van der Waals surface area contributed by atoms with Gasteiger partial charge in [-0.15, -0.1) is 0 Å². The zero-order chi connectivity index (χ0) is 17.9. The van der Waals surface area contributed by atoms with Crippen LogP contribution in [0, 0.1) is 0 Å². The van der Waals surface area contributed by atoms with E-state index in [-0.39, 0.29) is 13.0 Å². The molecule has 0 aromatic heterocycles. The summed E-state index contributed by atoms with van der Waals surface area (Å²) in [5, 5.41) is 2.72. The molecule has 1 aliphatic heterocycles. The highest BCUT2D eigenvalue weighted by molar-refractivity contribution is 5.87. The Morgan fingerprint density at radius 1 is 1.33 bits per heavy atom. The number of nitrogens with zero attached hydrogens (tertiary/aromatic N) is 1. The van der Waals surface area contributed by atoms with Crippen molar-refractivity contribution in [3.63, 3.8) is 0 Å². The largest absolute Gasteiger partial charge is 0.467 e. The first-order valence-corrected chi connectivity index (χ1v) is 7.65. The van der Waals surface area contributed by atoms with Gasteiger partial charge in [0.15, 0.2) is 0 Å². The molecule has 7 nitrogen and oxygen atoms in total. The standard InChI is InChI=1S/C17H22N2O5/c1-17(2,3)24-16(22)18-13-7-5-6-11-9-19(10-20)14(8-12(11)13)15(21)23-4/h5-7,10,14H,8-9H2,1-4H3,(H,18,22). The molecule has 1 N–H and O–H groups in total. The van der Waals surface area contributed by atoms with E-state index in [1.165, 1.54) is 12.0 Å². The van der Waals surface area contributed by atoms with Crippen LogP contribution in [0.4, 0.5) is 10.5 Å². The van der Waals surface area contributed by atoms with E-state index in [0.29, 0.717) is 12.1 Å². The van der Waals surface area contributed by atoms with Gasteiger partial charge in [-0.1, -0.05) is 12.1 Å². The van der Waals surface area contributed by atoms with Gasteiger partial charge >= 0.3 is 12.1 Å². The van der Waals surface area contributed by atoms with Gasteiger partial charge in [-0.05, 0) is 38.0 Å². The predicted molar refractivity (Wildman–Crippen MR) is 87.4 cm³/mol. The molecule has 1 aromatic rings. The van der Waals surface area contributed by atoms with Gasteiger partial charge in [0.1, 0.15) is 11.6 Å². The summed E-state index contributed by atoms with van der Waals surface area (Å²) < 4.78 is 10.0. The van der Waals surface area contributed by atoms with Crippen molar-refractivity contribution in [3.05, 3.63) is 29.3 Å². The molecule has 1 aliphatic rings. The van der Waals surface area contributed by atoms with E-state index in [2.05, 4.69) is 5.32 Å². The van der Waals surface area contributed by atoms with Crippen LogP contribution in [-0.2, 0) is 32.0 Å². The maximum atomic E-state index is 12.0. The summed E-state index contributed by atoms with van der Waals surface area (Å²) in [5.41, 5.74) is 1.63. The Balaban J connectivity index is 2.27. The van der Waals surface area contributed by atoms with Gasteiger partial charge in [-0.3, -0.25) is 10.1 Å². The van der Waals surface area contributed by atoms with Gasteiger partial charge in [-0.25, -0.2) is 9.59 Å². The fraction of sp³-hybridized carbons (Fsp3) is 0.471. The third kappa shape index (κ3) is 4.04. The number of rotatable bonds is 3. The zero-order valence-corrected chi connectivity index (χ0v) is 14.3. The van der Waals surface area contributed by atoms with Crippen LogP contribution in [-0.4, -0.2) is 42.1 Å². The lowest BCUT2D eigenvalue weighted by Gasteiger charge is -2.33. The van der Waals surface area contributed by atoms with Crippen molar-refractivity contribution in [2.45, 2.75) is 45.4 Å². The van der Waals surface area contributed by atoms with E-state index in [0.717, 1.165) is 11.1 Å². The summed E-state index contributed by atoms with van der Waals surface area (Å²) in [6.45, 7) is 5.62. The average Bonchev–Trinajstić information content (AvgIpc) is 2.51. The molecule has 1 aromatic carbocycles. The number of benzene rings is 1. The minimum Gasteiger partial charge on any atom is -0.467 e. The lowest BCUT2D eigenvalue weighted by molar-refractivity contribution is -0.150. The minimum atomic E-state index is -0.707. The van der Waals surface area contributed by atoms with Crippen molar-refractivity contribution in [2.24, 2.45) is 0 Å². The van der Waals surface area contributed by atoms with E-state index in [9.17, 15) is 14.4 Å². The molecule has 0 radical (unpaired) electrons. The molecule has 0 spiro atoms. The molecule has 1 heterocycles. The number of fused-ring (bicyclic) bond motifs is 1. The molecule has 1 atom stereocenters.